The number of nitrogens with zero attached hydrogens (tertiary/aromatic N) is 1. The van der Waals surface area contributed by atoms with Gasteiger partial charge in [0, 0.05) is 24.3 Å². The molecular weight excluding hydrogens is 464 g/mol. The molecule has 0 radical (unpaired) electrons. The summed E-state index contributed by atoms with van der Waals surface area (Å²) in [6.07, 6.45) is 0.307. The lowest BCUT2D eigenvalue weighted by Gasteiger charge is -2.74. The number of amides is 1. The summed E-state index contributed by atoms with van der Waals surface area (Å²) in [7, 11) is 3.64. The van der Waals surface area contributed by atoms with E-state index in [4.69, 9.17) is 18.9 Å². The van der Waals surface area contributed by atoms with Crippen molar-refractivity contribution in [2.24, 2.45) is 16.7 Å². The molecule has 2 aliphatic heterocycles. The van der Waals surface area contributed by atoms with Gasteiger partial charge in [0.2, 0.25) is 6.41 Å². The van der Waals surface area contributed by atoms with Gasteiger partial charge >= 0.3 is 6.09 Å². The normalized spacial score (nSPS) is 47.4. The predicted octanol–water partition coefficient (Wildman–Crippen LogP) is 2.78. The second-order valence-electron chi connectivity index (χ2n) is 12.3. The first kappa shape index (κ1) is 27.3. The van der Waals surface area contributed by atoms with E-state index in [-0.39, 0.29) is 24.9 Å². The van der Waals surface area contributed by atoms with Gasteiger partial charge in [-0.15, -0.1) is 13.2 Å². The van der Waals surface area contributed by atoms with E-state index >= 15 is 0 Å². The molecule has 2 N–H and O–H groups in total. The van der Waals surface area contributed by atoms with Crippen LogP contribution in [-0.4, -0.2) is 84.1 Å². The van der Waals surface area contributed by atoms with Crippen LogP contribution in [0.3, 0.4) is 0 Å². The maximum Gasteiger partial charge on any atom is 0.407 e. The van der Waals surface area contributed by atoms with Crippen LogP contribution in [0.25, 0.3) is 0 Å². The third-order valence-electron chi connectivity index (χ3n) is 9.25. The summed E-state index contributed by atoms with van der Waals surface area (Å²) in [5.41, 5.74) is -5.54. The number of Topliss-reactive ketones (excluding diaryl/α,β-unsaturated/α-hetero) is 1. The molecule has 202 valence electrons. The summed E-state index contributed by atoms with van der Waals surface area (Å²) in [6.45, 7) is 17.3. The molecule has 2 aliphatic carbocycles. The Morgan fingerprint density at radius 3 is 2.50 bits per heavy atom. The molecule has 2 saturated carbocycles. The first-order valence-electron chi connectivity index (χ1n) is 12.7. The first-order valence-corrected chi connectivity index (χ1v) is 12.7. The van der Waals surface area contributed by atoms with E-state index in [2.05, 4.69) is 32.3 Å². The Bertz CT molecular complexity index is 952. The van der Waals surface area contributed by atoms with Crippen molar-refractivity contribution in [3.63, 3.8) is 0 Å². The van der Waals surface area contributed by atoms with Crippen LogP contribution in [0.4, 0.5) is 4.79 Å². The van der Waals surface area contributed by atoms with Crippen molar-refractivity contribution < 1.29 is 33.6 Å². The molecule has 4 rings (SSSR count). The van der Waals surface area contributed by atoms with Crippen LogP contribution in [0, 0.1) is 16.7 Å². The fraction of sp³-hybridized carbons (Fsp3) is 0.778. The van der Waals surface area contributed by atoms with E-state index in [0.29, 0.717) is 6.42 Å². The van der Waals surface area contributed by atoms with Gasteiger partial charge in [-0.3, -0.25) is 9.69 Å². The first-order chi connectivity index (χ1) is 16.6. The molecular formula is C27H42N2O7. The van der Waals surface area contributed by atoms with Crippen molar-refractivity contribution in [3.05, 3.63) is 25.3 Å². The zero-order valence-electron chi connectivity index (χ0n) is 22.6. The number of alkyl carbamates (subject to hydrolysis) is 1. The van der Waals surface area contributed by atoms with Crippen LogP contribution in [-0.2, 0) is 23.7 Å². The quantitative estimate of drug-likeness (QED) is 0.549. The topological polar surface area (TPSA) is 107 Å². The summed E-state index contributed by atoms with van der Waals surface area (Å²) in [5, 5.41) is 14.7. The number of rotatable bonds is 5. The molecule has 4 aliphatic rings. The maximum atomic E-state index is 14.5. The van der Waals surface area contributed by atoms with Crippen LogP contribution in [0.2, 0.25) is 0 Å². The molecule has 2 saturated heterocycles. The average Bonchev–Trinajstić information content (AvgIpc) is 2.77. The van der Waals surface area contributed by atoms with Crippen molar-refractivity contribution in [2.45, 2.75) is 95.4 Å². The molecule has 0 aromatic rings. The van der Waals surface area contributed by atoms with E-state index in [1.165, 1.54) is 6.08 Å². The summed E-state index contributed by atoms with van der Waals surface area (Å²) < 4.78 is 25.9. The van der Waals surface area contributed by atoms with Gasteiger partial charge in [0.15, 0.2) is 17.5 Å². The van der Waals surface area contributed by atoms with Crippen molar-refractivity contribution in [1.82, 2.24) is 10.2 Å². The van der Waals surface area contributed by atoms with Gasteiger partial charge < -0.3 is 29.4 Å². The minimum absolute atomic E-state index is 0.0349. The Labute approximate surface area is 214 Å². The Balaban J connectivity index is 1.99. The Morgan fingerprint density at radius 2 is 1.92 bits per heavy atom. The Morgan fingerprint density at radius 1 is 1.25 bits per heavy atom. The van der Waals surface area contributed by atoms with Crippen molar-refractivity contribution >= 4 is 11.9 Å². The molecule has 1 unspecified atom stereocenters. The Kier molecular flexibility index (Phi) is 6.53. The molecule has 1 amide bonds. The lowest BCUT2D eigenvalue weighted by atomic mass is 9.39. The number of ether oxygens (including phenoxy) is 4. The zero-order valence-corrected chi connectivity index (χ0v) is 22.6. The van der Waals surface area contributed by atoms with Crippen LogP contribution in [0.5, 0.6) is 0 Å². The van der Waals surface area contributed by atoms with Gasteiger partial charge in [-0.1, -0.05) is 32.9 Å². The van der Waals surface area contributed by atoms with Crippen LogP contribution >= 0.6 is 0 Å². The molecule has 9 atom stereocenters. The van der Waals surface area contributed by atoms with Gasteiger partial charge in [0.25, 0.3) is 0 Å². The van der Waals surface area contributed by atoms with Crippen LogP contribution in [0.1, 0.15) is 53.9 Å². The molecule has 0 bridgehead atoms. The minimum Gasteiger partial charge on any atom is -0.440 e. The highest BCUT2D eigenvalue weighted by Crippen LogP contribution is 2.70. The van der Waals surface area contributed by atoms with Crippen molar-refractivity contribution in [3.8, 4) is 0 Å². The number of aliphatic hydroxyl groups is 1. The van der Waals surface area contributed by atoms with E-state index in [9.17, 15) is 14.7 Å². The fourth-order valence-corrected chi connectivity index (χ4v) is 7.81. The van der Waals surface area contributed by atoms with E-state index < -0.39 is 58.3 Å². The monoisotopic (exact) mass is 506 g/mol. The molecule has 4 fully saturated rings. The lowest BCUT2D eigenvalue weighted by molar-refractivity contribution is -0.456. The summed E-state index contributed by atoms with van der Waals surface area (Å²) >= 11 is 0. The van der Waals surface area contributed by atoms with E-state index in [1.54, 1.807) is 24.8 Å². The van der Waals surface area contributed by atoms with Gasteiger partial charge in [-0.2, -0.15) is 0 Å². The fourth-order valence-electron chi connectivity index (χ4n) is 7.81. The molecule has 9 nitrogen and oxygen atoms in total. The largest absolute Gasteiger partial charge is 0.440 e. The van der Waals surface area contributed by atoms with Gasteiger partial charge in [0.05, 0.1) is 17.8 Å². The third-order valence-corrected chi connectivity index (χ3v) is 9.25. The third kappa shape index (κ3) is 3.46. The van der Waals surface area contributed by atoms with Crippen LogP contribution < -0.4 is 5.32 Å². The number of hydrogen-bond acceptors (Lipinski definition) is 8. The average molecular weight is 507 g/mol. The second kappa shape index (κ2) is 8.63. The molecule has 0 aromatic carbocycles. The van der Waals surface area contributed by atoms with Gasteiger partial charge in [0.1, 0.15) is 5.60 Å². The molecule has 2 heterocycles. The predicted molar refractivity (Wildman–Crippen MR) is 133 cm³/mol. The summed E-state index contributed by atoms with van der Waals surface area (Å²) in [4.78, 5) is 29.1. The molecule has 36 heavy (non-hydrogen) atoms. The maximum absolute atomic E-state index is 14.5. The summed E-state index contributed by atoms with van der Waals surface area (Å²) in [5.74, 6) is -0.659. The number of hydrogen-bond donors (Lipinski definition) is 2. The van der Waals surface area contributed by atoms with Gasteiger partial charge in [-0.05, 0) is 46.2 Å². The Hall–Kier alpha value is -1.78. The number of ketones is 1. The highest BCUT2D eigenvalue weighted by Gasteiger charge is 2.84. The zero-order chi connectivity index (χ0) is 26.9. The van der Waals surface area contributed by atoms with Crippen LogP contribution in [0.15, 0.2) is 25.3 Å². The smallest absolute Gasteiger partial charge is 0.407 e. The lowest BCUT2D eigenvalue weighted by Crippen LogP contribution is -2.89. The molecule has 1 spiro atoms. The number of carbonyl (C=O) groups is 2. The summed E-state index contributed by atoms with van der Waals surface area (Å²) in [6, 6.07) is 0. The molecule has 9 heteroatoms. The minimum atomic E-state index is -1.56. The standard InChI is InChI=1S/C27H42N2O7/c1-10-14-28-21(32)34-20-18(31)19-23(3,4)13-12-17-25(19,6)27(35-22(33-17)29(8)9)16(30)15-24(5,11-2)36-26(20,27)7/h10-11,17-20,22,31H,1-2,12-15H2,3-9H3,(H,28,32)/t17-,18-,19-,20-,22?,24-,25-,26+,27-/m0/s1. The SMILES string of the molecule is C=CCNC(=O)O[C@H]1[C@@H](O)[C@H]2C(C)(C)CC[C@@H]3OC(N(C)C)O[C@@]4(C(=O)C[C@](C)(C=C)O[C@]14C)[C@@]32C. The van der Waals surface area contributed by atoms with Crippen molar-refractivity contribution in [1.29, 1.82) is 0 Å². The van der Waals surface area contributed by atoms with Gasteiger partial charge in [-0.25, -0.2) is 4.79 Å². The van der Waals surface area contributed by atoms with E-state index in [1.807, 2.05) is 21.0 Å². The highest BCUT2D eigenvalue weighted by atomic mass is 16.7. The number of carbonyl (C=O) groups excluding carboxylic acids is 2. The molecule has 0 aromatic heterocycles. The number of nitrogens with one attached hydrogen (secondary N) is 1. The van der Waals surface area contributed by atoms with E-state index in [0.717, 1.165) is 6.42 Å². The number of aliphatic hydroxyl groups excluding tert-OH is 1. The second-order valence-corrected chi connectivity index (χ2v) is 12.3. The van der Waals surface area contributed by atoms with Crippen molar-refractivity contribution in [2.75, 3.05) is 20.6 Å². The highest BCUT2D eigenvalue weighted by molar-refractivity contribution is 5.93.